The number of benzene rings is 2. The normalized spacial score (nSPS) is 32.3. The fourth-order valence-electron chi connectivity index (χ4n) is 7.73. The Labute approximate surface area is 266 Å². The van der Waals surface area contributed by atoms with Crippen LogP contribution in [-0.4, -0.2) is 61.0 Å². The Balaban J connectivity index is 1.44. The molecule has 2 aliphatic carbocycles. The molecule has 2 aromatic rings. The molecule has 0 unspecified atom stereocenters. The van der Waals surface area contributed by atoms with Crippen LogP contribution in [0.5, 0.6) is 5.75 Å². The number of allylic oxidation sites excluding steroid dienone is 1. The fourth-order valence-corrected chi connectivity index (χ4v) is 8.97. The van der Waals surface area contributed by atoms with Crippen LogP contribution in [0.3, 0.4) is 0 Å². The standard InChI is InChI=1S/C34H43ClN2O6S/c1-22-6-4-8-31(42-3)27-12-9-24(27)18-37-20-34(15-5-7-23-16-25(35)10-13-29(23)34)21-43-32-14-11-26(17-30(32)37)44(39,40)36-33(38)28(22)19-41-2/h4,8,10-11,13-14,16-17,22,24,27-28,31H,5-7,9,12,15,18-21H2,1-3H3,(H,36,38)/b8-4+/t22-,24-,27+,28+,31+,34-/m0/s1. The van der Waals surface area contributed by atoms with E-state index in [-0.39, 0.29) is 28.9 Å². The molecule has 238 valence electrons. The zero-order chi connectivity index (χ0) is 31.1. The molecule has 4 aliphatic rings. The van der Waals surface area contributed by atoms with Gasteiger partial charge in [-0.2, -0.15) is 0 Å². The molecule has 1 amide bonds. The quantitative estimate of drug-likeness (QED) is 0.441. The Morgan fingerprint density at radius 1 is 1.16 bits per heavy atom. The molecular weight excluding hydrogens is 600 g/mol. The lowest BCUT2D eigenvalue weighted by molar-refractivity contribution is -0.126. The van der Waals surface area contributed by atoms with Gasteiger partial charge in [-0.05, 0) is 97.7 Å². The van der Waals surface area contributed by atoms with Gasteiger partial charge < -0.3 is 19.1 Å². The van der Waals surface area contributed by atoms with Gasteiger partial charge in [0.25, 0.3) is 10.0 Å². The fraction of sp³-hybridized carbons (Fsp3) is 0.559. The number of nitrogens with zero attached hydrogens (tertiary/aromatic N) is 1. The van der Waals surface area contributed by atoms with Crippen molar-refractivity contribution in [2.45, 2.75) is 61.9 Å². The van der Waals surface area contributed by atoms with Gasteiger partial charge in [-0.3, -0.25) is 4.79 Å². The van der Waals surface area contributed by atoms with E-state index in [0.717, 1.165) is 49.4 Å². The van der Waals surface area contributed by atoms with Crippen molar-refractivity contribution in [3.8, 4) is 5.75 Å². The van der Waals surface area contributed by atoms with Gasteiger partial charge in [-0.25, -0.2) is 13.1 Å². The number of hydrogen-bond donors (Lipinski definition) is 1. The van der Waals surface area contributed by atoms with Gasteiger partial charge in [0.2, 0.25) is 5.91 Å². The molecule has 1 fully saturated rings. The van der Waals surface area contributed by atoms with E-state index < -0.39 is 21.8 Å². The number of amides is 1. The largest absolute Gasteiger partial charge is 0.490 e. The van der Waals surface area contributed by atoms with E-state index in [2.05, 4.69) is 33.9 Å². The monoisotopic (exact) mass is 642 g/mol. The van der Waals surface area contributed by atoms with Crippen LogP contribution in [0.2, 0.25) is 5.02 Å². The van der Waals surface area contributed by atoms with Crippen LogP contribution >= 0.6 is 11.6 Å². The zero-order valence-corrected chi connectivity index (χ0v) is 27.3. The highest BCUT2D eigenvalue weighted by Crippen LogP contribution is 2.47. The lowest BCUT2D eigenvalue weighted by Gasteiger charge is -2.46. The summed E-state index contributed by atoms with van der Waals surface area (Å²) in [6, 6.07) is 11.1. The molecule has 44 heavy (non-hydrogen) atoms. The maximum absolute atomic E-state index is 13.7. The molecule has 10 heteroatoms. The third-order valence-corrected chi connectivity index (χ3v) is 12.0. The van der Waals surface area contributed by atoms with Gasteiger partial charge in [0.05, 0.1) is 35.8 Å². The highest BCUT2D eigenvalue weighted by molar-refractivity contribution is 7.90. The molecular formula is C34H43ClN2O6S. The van der Waals surface area contributed by atoms with Gasteiger partial charge >= 0.3 is 0 Å². The van der Waals surface area contributed by atoms with Crippen LogP contribution in [0.1, 0.15) is 50.2 Å². The van der Waals surface area contributed by atoms with E-state index in [4.69, 9.17) is 25.8 Å². The third-order valence-electron chi connectivity index (χ3n) is 10.4. The van der Waals surface area contributed by atoms with Gasteiger partial charge in [0.1, 0.15) is 5.75 Å². The predicted molar refractivity (Wildman–Crippen MR) is 171 cm³/mol. The first-order chi connectivity index (χ1) is 21.1. The summed E-state index contributed by atoms with van der Waals surface area (Å²) in [6.45, 7) is 4.00. The number of carbonyl (C=O) groups excluding carboxylic acids is 1. The summed E-state index contributed by atoms with van der Waals surface area (Å²) < 4.78 is 47.6. The van der Waals surface area contributed by atoms with Gasteiger partial charge in [0, 0.05) is 37.7 Å². The minimum atomic E-state index is -4.15. The average molecular weight is 643 g/mol. The number of ether oxygens (including phenoxy) is 3. The van der Waals surface area contributed by atoms with Gasteiger partial charge in [-0.1, -0.05) is 36.7 Å². The molecule has 0 aromatic heterocycles. The SMILES string of the molecule is COC[C@H]1C(=O)NS(=O)(=O)c2ccc3c(c2)N(C[C@@H]2CC[C@H]2[C@H](OC)/C=C/C[C@@H]1C)C[C@@]1(CCCc2cc(Cl)ccc21)CO3. The smallest absolute Gasteiger partial charge is 0.264 e. The molecule has 1 N–H and O–H groups in total. The van der Waals surface area contributed by atoms with Crippen molar-refractivity contribution in [2.75, 3.05) is 45.4 Å². The van der Waals surface area contributed by atoms with E-state index in [0.29, 0.717) is 37.2 Å². The van der Waals surface area contributed by atoms with Crippen LogP contribution in [0.15, 0.2) is 53.4 Å². The number of sulfonamides is 1. The average Bonchev–Trinajstić information content (AvgIpc) is 3.13. The molecule has 0 radical (unpaired) electrons. The minimum Gasteiger partial charge on any atom is -0.490 e. The molecule has 6 atom stereocenters. The second-order valence-electron chi connectivity index (χ2n) is 13.1. The van der Waals surface area contributed by atoms with Crippen molar-refractivity contribution < 1.29 is 27.4 Å². The first kappa shape index (κ1) is 31.4. The molecule has 6 rings (SSSR count). The van der Waals surface area contributed by atoms with E-state index >= 15 is 0 Å². The topological polar surface area (TPSA) is 94.2 Å². The first-order valence-electron chi connectivity index (χ1n) is 15.7. The zero-order valence-electron chi connectivity index (χ0n) is 25.8. The van der Waals surface area contributed by atoms with Crippen molar-refractivity contribution in [3.05, 3.63) is 64.7 Å². The number of halogens is 1. The number of methoxy groups -OCH3 is 2. The van der Waals surface area contributed by atoms with Crippen LogP contribution in [0, 0.1) is 23.7 Å². The summed E-state index contributed by atoms with van der Waals surface area (Å²) in [5.74, 6) is 0.0217. The van der Waals surface area contributed by atoms with E-state index in [1.807, 2.05) is 13.0 Å². The van der Waals surface area contributed by atoms with Crippen LogP contribution in [0.4, 0.5) is 5.69 Å². The Morgan fingerprint density at radius 3 is 2.75 bits per heavy atom. The van der Waals surface area contributed by atoms with E-state index in [1.54, 1.807) is 19.2 Å². The number of carbonyl (C=O) groups is 1. The molecule has 2 aromatic carbocycles. The Morgan fingerprint density at radius 2 is 2.00 bits per heavy atom. The minimum absolute atomic E-state index is 0.0375. The van der Waals surface area contributed by atoms with Crippen molar-refractivity contribution in [1.82, 2.24) is 4.72 Å². The lowest BCUT2D eigenvalue weighted by atomic mass is 9.68. The molecule has 8 nitrogen and oxygen atoms in total. The third kappa shape index (κ3) is 6.00. The molecule has 0 saturated heterocycles. The summed E-state index contributed by atoms with van der Waals surface area (Å²) in [5.41, 5.74) is 2.98. The lowest BCUT2D eigenvalue weighted by Crippen LogP contribution is -2.49. The van der Waals surface area contributed by atoms with Gasteiger partial charge in [-0.15, -0.1) is 0 Å². The van der Waals surface area contributed by atoms with Crippen LogP contribution < -0.4 is 14.4 Å². The van der Waals surface area contributed by atoms with E-state index in [9.17, 15) is 13.2 Å². The number of hydrogen-bond acceptors (Lipinski definition) is 7. The summed E-state index contributed by atoms with van der Waals surface area (Å²) in [6.07, 6.45) is 9.86. The molecule has 2 heterocycles. The number of fused-ring (bicyclic) bond motifs is 4. The van der Waals surface area contributed by atoms with Crippen LogP contribution in [-0.2, 0) is 36.1 Å². The highest BCUT2D eigenvalue weighted by Gasteiger charge is 2.44. The molecule has 2 aliphatic heterocycles. The summed E-state index contributed by atoms with van der Waals surface area (Å²) in [4.78, 5) is 15.8. The van der Waals surface area contributed by atoms with E-state index in [1.165, 1.54) is 24.3 Å². The van der Waals surface area contributed by atoms with Crippen molar-refractivity contribution >= 4 is 33.2 Å². The second kappa shape index (κ2) is 12.7. The molecule has 2 bridgehead atoms. The number of anilines is 1. The highest BCUT2D eigenvalue weighted by atomic mass is 35.5. The maximum atomic E-state index is 13.7. The number of rotatable bonds is 3. The Hall–Kier alpha value is -2.59. The summed E-state index contributed by atoms with van der Waals surface area (Å²) in [7, 11) is -0.862. The molecule has 1 saturated carbocycles. The number of aryl methyl sites for hydroxylation is 1. The second-order valence-corrected chi connectivity index (χ2v) is 15.2. The first-order valence-corrected chi connectivity index (χ1v) is 17.6. The van der Waals surface area contributed by atoms with Crippen molar-refractivity contribution in [2.24, 2.45) is 23.7 Å². The summed E-state index contributed by atoms with van der Waals surface area (Å²) in [5, 5.41) is 0.735. The maximum Gasteiger partial charge on any atom is 0.264 e. The van der Waals surface area contributed by atoms with Crippen molar-refractivity contribution in [1.29, 1.82) is 0 Å². The summed E-state index contributed by atoms with van der Waals surface area (Å²) >= 11 is 6.41. The van der Waals surface area contributed by atoms with Crippen molar-refractivity contribution in [3.63, 3.8) is 0 Å². The van der Waals surface area contributed by atoms with Crippen LogP contribution in [0.25, 0.3) is 0 Å². The Kier molecular flexibility index (Phi) is 9.03. The van der Waals surface area contributed by atoms with Gasteiger partial charge in [0.15, 0.2) is 0 Å². The molecule has 1 spiro atoms. The predicted octanol–water partition coefficient (Wildman–Crippen LogP) is 5.52. The Bertz CT molecular complexity index is 1530. The number of nitrogens with one attached hydrogen (secondary N) is 1.